The summed E-state index contributed by atoms with van der Waals surface area (Å²) in [6.07, 6.45) is -7.64. The number of carbonyl (C=O) groups excluding carboxylic acids is 1. The summed E-state index contributed by atoms with van der Waals surface area (Å²) >= 11 is 0. The average Bonchev–Trinajstić information content (AvgIpc) is 3.15. The molecule has 1 aliphatic heterocycles. The van der Waals surface area contributed by atoms with Gasteiger partial charge in [0.25, 0.3) is 0 Å². The Morgan fingerprint density at radius 1 is 0.769 bits per heavy atom. The van der Waals surface area contributed by atoms with E-state index in [2.05, 4.69) is 13.2 Å². The van der Waals surface area contributed by atoms with Crippen LogP contribution in [0.4, 0.5) is 74.6 Å². The summed E-state index contributed by atoms with van der Waals surface area (Å²) in [4.78, 5) is 14.0. The Bertz CT molecular complexity index is 1930. The first kappa shape index (κ1) is 58.5. The van der Waals surface area contributed by atoms with Crippen molar-refractivity contribution in [2.75, 3.05) is 12.4 Å². The first-order chi connectivity index (χ1) is 29.1. The Kier molecular flexibility index (Phi) is 17.8. The smallest absolute Gasteiger partial charge is 0.460 e. The second-order valence-corrected chi connectivity index (χ2v) is 27.3. The summed E-state index contributed by atoms with van der Waals surface area (Å²) in [6, 6.07) is 3.09. The van der Waals surface area contributed by atoms with Crippen molar-refractivity contribution in [3.63, 3.8) is 0 Å². The molecule has 0 spiro atoms. The number of alkyl halides is 17. The molecule has 0 amide bonds. The molecule has 0 aliphatic carbocycles. The van der Waals surface area contributed by atoms with Gasteiger partial charge in [0.2, 0.25) is 0 Å². The quantitative estimate of drug-likeness (QED) is 0.0331. The van der Waals surface area contributed by atoms with Crippen LogP contribution in [0.2, 0.25) is 25.2 Å². The molecule has 0 bridgehead atoms. The van der Waals surface area contributed by atoms with E-state index in [9.17, 15) is 92.4 Å². The maximum absolute atomic E-state index is 14.9. The van der Waals surface area contributed by atoms with Crippen LogP contribution >= 0.6 is 0 Å². The highest BCUT2D eigenvalue weighted by molar-refractivity contribution is 7.85. The molecule has 1 aromatic rings. The monoisotopic (exact) mass is 1050 g/mol. The van der Waals surface area contributed by atoms with Gasteiger partial charge in [0, 0.05) is 29.8 Å². The lowest BCUT2D eigenvalue weighted by atomic mass is 9.84. The van der Waals surface area contributed by atoms with E-state index in [0.29, 0.717) is 12.0 Å². The Balaban J connectivity index is 2.62. The van der Waals surface area contributed by atoms with Gasteiger partial charge in [-0.25, -0.2) is 13.0 Å². The Morgan fingerprint density at radius 2 is 1.22 bits per heavy atom. The summed E-state index contributed by atoms with van der Waals surface area (Å²) in [5.41, 5.74) is 2.15. The number of carbonyl (C=O) groups is 1. The SMILES string of the molecule is C=C[Si]1(C)O[Si](C)(C=C)O[Si](C)(C(CC)C(CC(CCC)c2cc[n+](CCCS(=O)(=O)[O-])cc2)C(=O)OCCC(F)(F)C(F)(F)C(F)(F)C(F)(F)C(F)(F)C(F)(F)C(F)(F)C(F)(F)F)O1. The van der Waals surface area contributed by atoms with Crippen LogP contribution in [-0.2, 0) is 38.5 Å². The zero-order valence-electron chi connectivity index (χ0n) is 35.0. The van der Waals surface area contributed by atoms with Gasteiger partial charge < -0.3 is 21.6 Å². The zero-order chi connectivity index (χ0) is 50.9. The molecule has 0 saturated carbocycles. The Hall–Kier alpha value is -2.65. The highest BCUT2D eigenvalue weighted by Crippen LogP contribution is 2.64. The van der Waals surface area contributed by atoms with Gasteiger partial charge in [-0.15, -0.1) is 13.2 Å². The van der Waals surface area contributed by atoms with Gasteiger partial charge in [-0.2, -0.15) is 74.6 Å². The third-order valence-electron chi connectivity index (χ3n) is 10.7. The van der Waals surface area contributed by atoms with E-state index in [1.807, 2.05) is 0 Å². The highest BCUT2D eigenvalue weighted by Gasteiger charge is 2.95. The standard InChI is InChI=1S/C35H46F17NO8SSi3/c1-8-13-24(23-14-18-53(19-15-23)17-12-21-62(55,56)57)22-25(26(9-2)65(7)60-63(5,10-3)59-64(6,11-4)61-65)27(54)58-20-16-28(36,37)29(38,39)30(40,41)31(42,43)32(44,45)33(46,47)34(48,49)35(50,51)52/h10-11,14-15,18-19,24-26H,3-4,8-9,12-13,16-17,20-22H2,1-2,5-7H3. The summed E-state index contributed by atoms with van der Waals surface area (Å²) < 4.78 is 294. The first-order valence-electron chi connectivity index (χ1n) is 19.2. The van der Waals surface area contributed by atoms with Crippen molar-refractivity contribution in [3.05, 3.63) is 54.6 Å². The summed E-state index contributed by atoms with van der Waals surface area (Å²) in [6.45, 7) is 13.3. The van der Waals surface area contributed by atoms with Crippen molar-refractivity contribution in [2.45, 2.75) is 138 Å². The van der Waals surface area contributed by atoms with Crippen LogP contribution in [0.3, 0.4) is 0 Å². The van der Waals surface area contributed by atoms with Gasteiger partial charge in [-0.1, -0.05) is 38.1 Å². The number of esters is 1. The van der Waals surface area contributed by atoms with E-state index in [0.717, 1.165) is 0 Å². The maximum Gasteiger partial charge on any atom is 0.460 e. The van der Waals surface area contributed by atoms with Crippen molar-refractivity contribution in [1.29, 1.82) is 0 Å². The van der Waals surface area contributed by atoms with Crippen LogP contribution < -0.4 is 4.57 Å². The van der Waals surface area contributed by atoms with Gasteiger partial charge in [0.15, 0.2) is 12.4 Å². The number of aromatic nitrogens is 1. The summed E-state index contributed by atoms with van der Waals surface area (Å²) in [7, 11) is -15.2. The van der Waals surface area contributed by atoms with Crippen molar-refractivity contribution in [2.24, 2.45) is 5.92 Å². The third kappa shape index (κ3) is 11.8. The number of rotatable bonds is 24. The lowest BCUT2D eigenvalue weighted by Gasteiger charge is -2.51. The number of hydrogen-bond donors (Lipinski definition) is 0. The van der Waals surface area contributed by atoms with Gasteiger partial charge in [-0.3, -0.25) is 4.79 Å². The predicted molar refractivity (Wildman–Crippen MR) is 200 cm³/mol. The van der Waals surface area contributed by atoms with E-state index in [1.165, 1.54) is 41.8 Å². The van der Waals surface area contributed by atoms with E-state index in [-0.39, 0.29) is 32.2 Å². The topological polar surface area (TPSA) is 115 Å². The van der Waals surface area contributed by atoms with Crippen molar-refractivity contribution < 1.29 is 114 Å². The molecule has 0 aromatic carbocycles. The molecule has 0 radical (unpaired) electrons. The van der Waals surface area contributed by atoms with Crippen LogP contribution in [0.1, 0.15) is 63.9 Å². The van der Waals surface area contributed by atoms with Gasteiger partial charge >= 0.3 is 79.3 Å². The van der Waals surface area contributed by atoms with E-state index in [1.54, 1.807) is 32.2 Å². The Morgan fingerprint density at radius 3 is 1.62 bits per heavy atom. The van der Waals surface area contributed by atoms with Gasteiger partial charge in [0.1, 0.15) is 6.54 Å². The fourth-order valence-electron chi connectivity index (χ4n) is 7.16. The number of aryl methyl sites for hydroxylation is 1. The van der Waals surface area contributed by atoms with Crippen LogP contribution in [0.15, 0.2) is 49.1 Å². The van der Waals surface area contributed by atoms with Crippen LogP contribution in [0, 0.1) is 5.92 Å². The number of ether oxygens (including phenoxy) is 1. The molecule has 1 saturated heterocycles. The fraction of sp³-hybridized carbons (Fsp3) is 0.714. The molecule has 2 rings (SSSR count). The zero-order valence-corrected chi connectivity index (χ0v) is 38.8. The molecule has 1 aliphatic rings. The van der Waals surface area contributed by atoms with Crippen LogP contribution in [-0.4, -0.2) is 105 Å². The van der Waals surface area contributed by atoms with Crippen LogP contribution in [0.25, 0.3) is 0 Å². The normalized spacial score (nSPS) is 23.7. The van der Waals surface area contributed by atoms with Crippen molar-refractivity contribution in [1.82, 2.24) is 0 Å². The molecule has 1 fully saturated rings. The second-order valence-electron chi connectivity index (χ2n) is 15.7. The predicted octanol–water partition coefficient (Wildman–Crippen LogP) is 10.3. The molecule has 5 unspecified atom stereocenters. The van der Waals surface area contributed by atoms with E-state index >= 15 is 0 Å². The van der Waals surface area contributed by atoms with Crippen molar-refractivity contribution >= 4 is 41.8 Å². The minimum Gasteiger partial charge on any atom is -0.748 e. The number of halogens is 17. The van der Waals surface area contributed by atoms with E-state index in [4.69, 9.17) is 17.1 Å². The molecule has 30 heteroatoms. The lowest BCUT2D eigenvalue weighted by Crippen LogP contribution is -2.74. The number of nitrogens with zero attached hydrogens (tertiary/aromatic N) is 1. The van der Waals surface area contributed by atoms with Crippen molar-refractivity contribution in [3.8, 4) is 0 Å². The molecule has 0 N–H and O–H groups in total. The van der Waals surface area contributed by atoms with Crippen LogP contribution in [0.5, 0.6) is 0 Å². The molecule has 2 heterocycles. The minimum absolute atomic E-state index is 0.0518. The van der Waals surface area contributed by atoms with Gasteiger partial charge in [0.05, 0.1) is 29.1 Å². The largest absolute Gasteiger partial charge is 0.748 e. The Labute approximate surface area is 365 Å². The molecular formula is C35H46F17NO8SSi3. The number of hydrogen-bond acceptors (Lipinski definition) is 8. The lowest BCUT2D eigenvalue weighted by molar-refractivity contribution is -0.696. The van der Waals surface area contributed by atoms with E-state index < -0.39 is 126 Å². The maximum atomic E-state index is 14.9. The number of pyridine rings is 1. The first-order valence-corrected chi connectivity index (χ1v) is 28.0. The molecular weight excluding hydrogens is 1000 g/mol. The second kappa shape index (κ2) is 19.8. The van der Waals surface area contributed by atoms with Gasteiger partial charge in [-0.05, 0) is 44.0 Å². The molecule has 9 nitrogen and oxygen atoms in total. The highest BCUT2D eigenvalue weighted by atomic mass is 32.2. The summed E-state index contributed by atoms with van der Waals surface area (Å²) in [5.74, 6) is -62.2. The third-order valence-corrected chi connectivity index (χ3v) is 24.8. The molecule has 376 valence electrons. The molecule has 5 atom stereocenters. The average molecular weight is 1050 g/mol. The minimum atomic E-state index is -8.78. The molecule has 1 aromatic heterocycles. The summed E-state index contributed by atoms with van der Waals surface area (Å²) in [5, 5.41) is 0. The fourth-order valence-corrected chi connectivity index (χ4v) is 23.2. The molecule has 65 heavy (non-hydrogen) atoms.